The fourth-order valence-corrected chi connectivity index (χ4v) is 2.93. The van der Waals surface area contributed by atoms with Crippen molar-refractivity contribution in [2.45, 2.75) is 13.1 Å². The quantitative estimate of drug-likeness (QED) is 0.608. The average molecular weight is 425 g/mol. The van der Waals surface area contributed by atoms with Crippen LogP contribution in [0.4, 0.5) is 18.9 Å². The molecule has 0 aliphatic carbocycles. The molecule has 1 amide bonds. The zero-order chi connectivity index (χ0) is 21.2. The van der Waals surface area contributed by atoms with Gasteiger partial charge in [-0.2, -0.15) is 13.2 Å². The van der Waals surface area contributed by atoms with Crippen LogP contribution in [0.3, 0.4) is 0 Å². The first-order valence-electron chi connectivity index (χ1n) is 8.42. The Morgan fingerprint density at radius 3 is 2.62 bits per heavy atom. The van der Waals surface area contributed by atoms with Crippen LogP contribution in [0.2, 0.25) is 5.02 Å². The molecule has 0 saturated heterocycles. The number of anilines is 1. The van der Waals surface area contributed by atoms with Gasteiger partial charge in [0.15, 0.2) is 6.61 Å². The molecule has 2 aromatic carbocycles. The van der Waals surface area contributed by atoms with Gasteiger partial charge in [-0.25, -0.2) is 0 Å². The van der Waals surface area contributed by atoms with Gasteiger partial charge in [0.05, 0.1) is 23.2 Å². The number of fused-ring (bicyclic) bond motifs is 1. The van der Waals surface area contributed by atoms with Gasteiger partial charge >= 0.3 is 6.18 Å². The second-order valence-electron chi connectivity index (χ2n) is 6.17. The van der Waals surface area contributed by atoms with Crippen LogP contribution in [0.25, 0.3) is 10.9 Å². The smallest absolute Gasteiger partial charge is 0.417 e. The first-order valence-corrected chi connectivity index (χ1v) is 8.80. The molecule has 5 nitrogen and oxygen atoms in total. The number of methoxy groups -OCH3 is 1. The SMILES string of the molecule is COc1ccc2nc(C)cc(OCC(=O)Nc3ccc(Cl)c(C(F)(F)F)c3)c2c1. The van der Waals surface area contributed by atoms with E-state index in [1.807, 2.05) is 0 Å². The highest BCUT2D eigenvalue weighted by Gasteiger charge is 2.33. The van der Waals surface area contributed by atoms with Crippen LogP contribution in [0, 0.1) is 6.92 Å². The van der Waals surface area contributed by atoms with Gasteiger partial charge in [-0.3, -0.25) is 9.78 Å². The summed E-state index contributed by atoms with van der Waals surface area (Å²) in [4.78, 5) is 16.6. The maximum Gasteiger partial charge on any atom is 0.417 e. The van der Waals surface area contributed by atoms with Crippen molar-refractivity contribution in [3.05, 3.63) is 58.7 Å². The lowest BCUT2D eigenvalue weighted by Gasteiger charge is -2.13. The number of halogens is 4. The first kappa shape index (κ1) is 20.7. The predicted octanol–water partition coefficient (Wildman–Crippen LogP) is 5.24. The van der Waals surface area contributed by atoms with Crippen molar-refractivity contribution in [3.8, 4) is 11.5 Å². The number of hydrogen-bond donors (Lipinski definition) is 1. The molecule has 0 aliphatic heterocycles. The van der Waals surface area contributed by atoms with E-state index >= 15 is 0 Å². The number of rotatable bonds is 5. The summed E-state index contributed by atoms with van der Waals surface area (Å²) < 4.78 is 49.6. The van der Waals surface area contributed by atoms with Gasteiger partial charge in [0, 0.05) is 22.8 Å². The van der Waals surface area contributed by atoms with Crippen molar-refractivity contribution in [2.75, 3.05) is 19.0 Å². The molecular weight excluding hydrogens is 409 g/mol. The summed E-state index contributed by atoms with van der Waals surface area (Å²) in [5.74, 6) is 0.387. The third kappa shape index (κ3) is 4.89. The molecule has 0 atom stereocenters. The van der Waals surface area contributed by atoms with Gasteiger partial charge in [-0.15, -0.1) is 0 Å². The van der Waals surface area contributed by atoms with E-state index in [9.17, 15) is 18.0 Å². The highest BCUT2D eigenvalue weighted by Crippen LogP contribution is 2.36. The van der Waals surface area contributed by atoms with Gasteiger partial charge in [-0.05, 0) is 43.3 Å². The maximum atomic E-state index is 12.9. The molecule has 1 N–H and O–H groups in total. The van der Waals surface area contributed by atoms with Gasteiger partial charge in [0.1, 0.15) is 11.5 Å². The summed E-state index contributed by atoms with van der Waals surface area (Å²) in [6.07, 6.45) is -4.62. The first-order chi connectivity index (χ1) is 13.7. The Labute approximate surface area is 169 Å². The number of benzene rings is 2. The third-order valence-corrected chi connectivity index (χ3v) is 4.35. The van der Waals surface area contributed by atoms with E-state index in [1.54, 1.807) is 31.2 Å². The van der Waals surface area contributed by atoms with Crippen molar-refractivity contribution < 1.29 is 27.4 Å². The van der Waals surface area contributed by atoms with Crippen molar-refractivity contribution in [2.24, 2.45) is 0 Å². The molecule has 152 valence electrons. The van der Waals surface area contributed by atoms with Crippen LogP contribution >= 0.6 is 11.6 Å². The number of aromatic nitrogens is 1. The second kappa shape index (κ2) is 8.16. The molecular formula is C20H16ClF3N2O3. The Morgan fingerprint density at radius 2 is 1.93 bits per heavy atom. The van der Waals surface area contributed by atoms with E-state index in [2.05, 4.69) is 10.3 Å². The number of ether oxygens (including phenoxy) is 2. The highest BCUT2D eigenvalue weighted by molar-refractivity contribution is 6.31. The molecule has 3 rings (SSSR count). The number of hydrogen-bond acceptors (Lipinski definition) is 4. The van der Waals surface area contributed by atoms with Crippen LogP contribution in [-0.4, -0.2) is 24.6 Å². The molecule has 0 fully saturated rings. The Hall–Kier alpha value is -3.00. The number of pyridine rings is 1. The lowest BCUT2D eigenvalue weighted by molar-refractivity contribution is -0.137. The lowest BCUT2D eigenvalue weighted by atomic mass is 10.1. The molecule has 9 heteroatoms. The minimum absolute atomic E-state index is 0.0345. The number of carbonyl (C=O) groups is 1. The fourth-order valence-electron chi connectivity index (χ4n) is 2.71. The molecule has 0 spiro atoms. The summed E-state index contributed by atoms with van der Waals surface area (Å²) >= 11 is 5.58. The summed E-state index contributed by atoms with van der Waals surface area (Å²) in [5, 5.41) is 2.58. The largest absolute Gasteiger partial charge is 0.497 e. The summed E-state index contributed by atoms with van der Waals surface area (Å²) in [5.41, 5.74) is 0.285. The Balaban J connectivity index is 1.76. The van der Waals surface area contributed by atoms with Crippen molar-refractivity contribution >= 4 is 34.1 Å². The third-order valence-electron chi connectivity index (χ3n) is 4.02. The zero-order valence-electron chi connectivity index (χ0n) is 15.4. The Kier molecular flexibility index (Phi) is 5.83. The molecule has 3 aromatic rings. The Bertz CT molecular complexity index is 1070. The summed E-state index contributed by atoms with van der Waals surface area (Å²) in [6, 6.07) is 10.0. The van der Waals surface area contributed by atoms with Crippen molar-refractivity contribution in [3.63, 3.8) is 0 Å². The number of carbonyl (C=O) groups excluding carboxylic acids is 1. The van der Waals surface area contributed by atoms with Gasteiger partial charge in [0.2, 0.25) is 0 Å². The van der Waals surface area contributed by atoms with E-state index < -0.39 is 29.3 Å². The molecule has 0 radical (unpaired) electrons. The lowest BCUT2D eigenvalue weighted by Crippen LogP contribution is -2.20. The normalized spacial score (nSPS) is 11.4. The number of nitrogens with one attached hydrogen (secondary N) is 1. The molecule has 1 heterocycles. The van der Waals surface area contributed by atoms with E-state index in [-0.39, 0.29) is 5.69 Å². The van der Waals surface area contributed by atoms with Crippen LogP contribution in [0.1, 0.15) is 11.3 Å². The number of amides is 1. The van der Waals surface area contributed by atoms with E-state index in [0.717, 1.165) is 12.1 Å². The predicted molar refractivity (Wildman–Crippen MR) is 104 cm³/mol. The van der Waals surface area contributed by atoms with E-state index in [4.69, 9.17) is 21.1 Å². The van der Waals surface area contributed by atoms with Crippen molar-refractivity contribution in [1.82, 2.24) is 4.98 Å². The molecule has 0 unspecified atom stereocenters. The van der Waals surface area contributed by atoms with Gasteiger partial charge in [-0.1, -0.05) is 11.6 Å². The summed E-state index contributed by atoms with van der Waals surface area (Å²) in [6.45, 7) is 1.38. The minimum Gasteiger partial charge on any atom is -0.497 e. The highest BCUT2D eigenvalue weighted by atomic mass is 35.5. The molecule has 0 aliphatic rings. The Morgan fingerprint density at radius 1 is 1.17 bits per heavy atom. The van der Waals surface area contributed by atoms with Crippen LogP contribution in [0.15, 0.2) is 42.5 Å². The standard InChI is InChI=1S/C20H16ClF3N2O3/c1-11-7-18(14-9-13(28-2)4-6-17(14)25-11)29-10-19(27)26-12-3-5-16(21)15(8-12)20(22,23)24/h3-9H,10H2,1-2H3,(H,26,27). The number of alkyl halides is 3. The zero-order valence-corrected chi connectivity index (χ0v) is 16.2. The van der Waals surface area contributed by atoms with Crippen LogP contribution < -0.4 is 14.8 Å². The molecule has 29 heavy (non-hydrogen) atoms. The number of aryl methyl sites for hydroxylation is 1. The van der Waals surface area contributed by atoms with E-state index in [1.165, 1.54) is 13.2 Å². The van der Waals surface area contributed by atoms with Crippen molar-refractivity contribution in [1.29, 1.82) is 0 Å². The molecule has 1 aromatic heterocycles. The fraction of sp³-hybridized carbons (Fsp3) is 0.200. The maximum absolute atomic E-state index is 12.9. The average Bonchev–Trinajstić information content (AvgIpc) is 2.66. The number of nitrogens with zero attached hydrogens (tertiary/aromatic N) is 1. The van der Waals surface area contributed by atoms with Crippen LogP contribution in [-0.2, 0) is 11.0 Å². The van der Waals surface area contributed by atoms with Gasteiger partial charge in [0.25, 0.3) is 5.91 Å². The summed E-state index contributed by atoms with van der Waals surface area (Å²) in [7, 11) is 1.53. The van der Waals surface area contributed by atoms with Gasteiger partial charge < -0.3 is 14.8 Å². The molecule has 0 bridgehead atoms. The minimum atomic E-state index is -4.62. The topological polar surface area (TPSA) is 60.5 Å². The van der Waals surface area contributed by atoms with E-state index in [0.29, 0.717) is 28.1 Å². The molecule has 0 saturated carbocycles. The monoisotopic (exact) mass is 424 g/mol. The van der Waals surface area contributed by atoms with Crippen LogP contribution in [0.5, 0.6) is 11.5 Å². The second-order valence-corrected chi connectivity index (χ2v) is 6.58.